The minimum absolute atomic E-state index is 0.0588. The third-order valence-electron chi connectivity index (χ3n) is 5.25. The summed E-state index contributed by atoms with van der Waals surface area (Å²) in [6.07, 6.45) is 0. The zero-order valence-electron chi connectivity index (χ0n) is 18.1. The van der Waals surface area contributed by atoms with Gasteiger partial charge in [-0.05, 0) is 58.4 Å². The molecule has 0 bridgehead atoms. The van der Waals surface area contributed by atoms with Crippen LogP contribution in [0.3, 0.4) is 0 Å². The van der Waals surface area contributed by atoms with E-state index in [1.807, 2.05) is 32.0 Å². The Hall–Kier alpha value is -2.93. The number of rotatable bonds is 7. The minimum Gasteiger partial charge on any atom is -0.465 e. The Morgan fingerprint density at radius 1 is 1.14 bits per heavy atom. The first kappa shape index (κ1) is 22.4. The van der Waals surface area contributed by atoms with E-state index in [4.69, 9.17) is 4.74 Å². The molecule has 156 valence electrons. The molecule has 2 N–H and O–H groups in total. The van der Waals surface area contributed by atoms with E-state index in [2.05, 4.69) is 10.3 Å². The highest BCUT2D eigenvalue weighted by Gasteiger charge is 2.28. The number of carbonyl (C=O) groups excluding carboxylic acids is 3. The van der Waals surface area contributed by atoms with Crippen molar-refractivity contribution in [1.29, 1.82) is 0 Å². The van der Waals surface area contributed by atoms with Crippen LogP contribution in [0.5, 0.6) is 0 Å². The van der Waals surface area contributed by atoms with Gasteiger partial charge in [-0.2, -0.15) is 0 Å². The van der Waals surface area contributed by atoms with Gasteiger partial charge < -0.3 is 15.0 Å². The van der Waals surface area contributed by atoms with Crippen molar-refractivity contribution in [3.8, 4) is 0 Å². The number of anilines is 1. The zero-order chi connectivity index (χ0) is 21.9. The maximum Gasteiger partial charge on any atom is 0.339 e. The fourth-order valence-electron chi connectivity index (χ4n) is 3.37. The Bertz CT molecular complexity index is 926. The number of nitrogens with zero attached hydrogens (tertiary/aromatic N) is 1. The lowest BCUT2D eigenvalue weighted by Gasteiger charge is -2.23. The van der Waals surface area contributed by atoms with Gasteiger partial charge in [0, 0.05) is 11.4 Å². The highest BCUT2D eigenvalue weighted by Crippen LogP contribution is 2.22. The lowest BCUT2D eigenvalue weighted by Crippen LogP contribution is -2.41. The van der Waals surface area contributed by atoms with E-state index in [0.29, 0.717) is 22.5 Å². The molecule has 1 atom stereocenters. The number of aromatic nitrogens is 1. The van der Waals surface area contributed by atoms with Gasteiger partial charge in [-0.25, -0.2) is 4.79 Å². The van der Waals surface area contributed by atoms with Gasteiger partial charge in [-0.15, -0.1) is 0 Å². The van der Waals surface area contributed by atoms with Crippen molar-refractivity contribution in [3.63, 3.8) is 0 Å². The number of likely N-dealkylation sites (N-methyl/N-ethyl adjacent to an activating group) is 1. The maximum atomic E-state index is 13.0. The number of Topliss-reactive ketones (excluding diaryl/α,β-unsaturated/α-hetero) is 1. The molecule has 2 rings (SSSR count). The van der Waals surface area contributed by atoms with E-state index in [1.54, 1.807) is 32.7 Å². The van der Waals surface area contributed by atoms with Gasteiger partial charge in [0.2, 0.25) is 5.91 Å². The number of esters is 1. The molecule has 0 radical (unpaired) electrons. The molecule has 0 fully saturated rings. The van der Waals surface area contributed by atoms with Crippen LogP contribution < -0.4 is 5.32 Å². The van der Waals surface area contributed by atoms with E-state index in [-0.39, 0.29) is 18.2 Å². The summed E-state index contributed by atoms with van der Waals surface area (Å²) in [5.74, 6) is -0.869. The van der Waals surface area contributed by atoms with Crippen LogP contribution >= 0.6 is 0 Å². The van der Waals surface area contributed by atoms with Crippen LogP contribution in [0.1, 0.15) is 50.2 Å². The summed E-state index contributed by atoms with van der Waals surface area (Å²) in [4.78, 5) is 42.1. The first-order chi connectivity index (χ1) is 13.6. The van der Waals surface area contributed by atoms with Gasteiger partial charge in [0.15, 0.2) is 5.78 Å². The normalized spacial score (nSPS) is 12.0. The summed E-state index contributed by atoms with van der Waals surface area (Å²) in [5, 5.41) is 2.93. The second kappa shape index (κ2) is 9.05. The molecule has 1 amide bonds. The fourth-order valence-corrected chi connectivity index (χ4v) is 3.37. The highest BCUT2D eigenvalue weighted by atomic mass is 16.5. The predicted molar refractivity (Wildman–Crippen MR) is 113 cm³/mol. The summed E-state index contributed by atoms with van der Waals surface area (Å²) in [7, 11) is 3.03. The van der Waals surface area contributed by atoms with Crippen LogP contribution in [-0.4, -0.2) is 54.3 Å². The Kier molecular flexibility index (Phi) is 6.97. The molecule has 1 heterocycles. The van der Waals surface area contributed by atoms with Crippen LogP contribution in [0.2, 0.25) is 0 Å². The molecule has 1 unspecified atom stereocenters. The van der Waals surface area contributed by atoms with Crippen LogP contribution in [0, 0.1) is 27.7 Å². The molecular formula is C22H29N3O4. The highest BCUT2D eigenvalue weighted by molar-refractivity contribution is 6.04. The molecule has 1 aromatic carbocycles. The number of aromatic amines is 1. The predicted octanol–water partition coefficient (Wildman–Crippen LogP) is 3.18. The van der Waals surface area contributed by atoms with Gasteiger partial charge in [-0.1, -0.05) is 18.2 Å². The molecule has 0 aliphatic heterocycles. The second-order valence-electron chi connectivity index (χ2n) is 7.39. The number of hydrogen-bond acceptors (Lipinski definition) is 5. The third-order valence-corrected chi connectivity index (χ3v) is 5.25. The molecule has 0 aliphatic rings. The number of hydrogen-bond donors (Lipinski definition) is 2. The largest absolute Gasteiger partial charge is 0.465 e. The van der Waals surface area contributed by atoms with Crippen molar-refractivity contribution in [2.45, 2.75) is 40.7 Å². The number of ether oxygens (including phenoxy) is 1. The quantitative estimate of drug-likeness (QED) is 0.551. The number of methoxy groups -OCH3 is 1. The SMILES string of the molecule is COC(=O)c1c(C)[nH]c(C(=O)C(C)N(C)CC(=O)Nc2c(C)cccc2C)c1C. The zero-order valence-corrected chi connectivity index (χ0v) is 18.1. The summed E-state index contributed by atoms with van der Waals surface area (Å²) in [6, 6.07) is 5.26. The van der Waals surface area contributed by atoms with Crippen molar-refractivity contribution < 1.29 is 19.1 Å². The molecule has 0 saturated heterocycles. The van der Waals surface area contributed by atoms with Crippen molar-refractivity contribution in [2.75, 3.05) is 26.0 Å². The van der Waals surface area contributed by atoms with Crippen molar-refractivity contribution in [1.82, 2.24) is 9.88 Å². The lowest BCUT2D eigenvalue weighted by atomic mass is 10.0. The summed E-state index contributed by atoms with van der Waals surface area (Å²) < 4.78 is 4.79. The standard InChI is InChI=1S/C22H29N3O4/c1-12-9-8-10-13(2)19(12)24-17(26)11-25(6)16(5)21(27)20-14(3)18(15(4)23-20)22(28)29-7/h8-10,16,23H,11H2,1-7H3,(H,24,26). The van der Waals surface area contributed by atoms with Crippen molar-refractivity contribution in [2.24, 2.45) is 0 Å². The number of nitrogens with one attached hydrogen (secondary N) is 2. The maximum absolute atomic E-state index is 13.0. The Labute approximate surface area is 171 Å². The van der Waals surface area contributed by atoms with E-state index in [9.17, 15) is 14.4 Å². The molecule has 1 aromatic heterocycles. The molecule has 29 heavy (non-hydrogen) atoms. The summed E-state index contributed by atoms with van der Waals surface area (Å²) >= 11 is 0. The van der Waals surface area contributed by atoms with Gasteiger partial charge in [0.1, 0.15) is 0 Å². The van der Waals surface area contributed by atoms with Crippen molar-refractivity contribution >= 4 is 23.3 Å². The van der Waals surface area contributed by atoms with Gasteiger partial charge in [-0.3, -0.25) is 14.5 Å². The van der Waals surface area contributed by atoms with Crippen molar-refractivity contribution in [3.05, 3.63) is 51.8 Å². The average molecular weight is 399 g/mol. The average Bonchev–Trinajstić information content (AvgIpc) is 2.97. The monoisotopic (exact) mass is 399 g/mol. The second-order valence-corrected chi connectivity index (χ2v) is 7.39. The first-order valence-electron chi connectivity index (χ1n) is 9.46. The summed E-state index contributed by atoms with van der Waals surface area (Å²) in [5.41, 5.74) is 4.63. The molecule has 0 aliphatic carbocycles. The lowest BCUT2D eigenvalue weighted by molar-refractivity contribution is -0.117. The van der Waals surface area contributed by atoms with E-state index in [1.165, 1.54) is 7.11 Å². The number of para-hydroxylation sites is 1. The molecule has 2 aromatic rings. The van der Waals surface area contributed by atoms with Gasteiger partial charge in [0.25, 0.3) is 0 Å². The van der Waals surface area contributed by atoms with E-state index >= 15 is 0 Å². The number of aryl methyl sites for hydroxylation is 3. The molecule has 7 heteroatoms. The summed E-state index contributed by atoms with van der Waals surface area (Å²) in [6.45, 7) is 9.11. The van der Waals surface area contributed by atoms with Crippen LogP contribution in [-0.2, 0) is 9.53 Å². The Morgan fingerprint density at radius 2 is 1.72 bits per heavy atom. The van der Waals surface area contributed by atoms with Crippen LogP contribution in [0.25, 0.3) is 0 Å². The van der Waals surface area contributed by atoms with Crippen LogP contribution in [0.15, 0.2) is 18.2 Å². The van der Waals surface area contributed by atoms with Crippen LogP contribution in [0.4, 0.5) is 5.69 Å². The number of ketones is 1. The molecular weight excluding hydrogens is 370 g/mol. The van der Waals surface area contributed by atoms with E-state index in [0.717, 1.165) is 16.8 Å². The topological polar surface area (TPSA) is 91.5 Å². The first-order valence-corrected chi connectivity index (χ1v) is 9.46. The Balaban J connectivity index is 2.12. The number of amides is 1. The van der Waals surface area contributed by atoms with Gasteiger partial charge >= 0.3 is 5.97 Å². The smallest absolute Gasteiger partial charge is 0.339 e. The van der Waals surface area contributed by atoms with E-state index < -0.39 is 12.0 Å². The Morgan fingerprint density at radius 3 is 2.28 bits per heavy atom. The number of carbonyl (C=O) groups is 3. The van der Waals surface area contributed by atoms with Gasteiger partial charge in [0.05, 0.1) is 31.0 Å². The molecule has 7 nitrogen and oxygen atoms in total. The fraction of sp³-hybridized carbons (Fsp3) is 0.409. The molecule has 0 saturated carbocycles. The third kappa shape index (κ3) is 4.74. The molecule has 0 spiro atoms. The number of H-pyrrole nitrogens is 1. The minimum atomic E-state index is -0.555. The number of benzene rings is 1.